The zero-order chi connectivity index (χ0) is 24.6. The number of amides is 2. The molecule has 1 saturated heterocycles. The van der Waals surface area contributed by atoms with Crippen LogP contribution in [-0.2, 0) is 20.6 Å². The number of alkyl halides is 3. The Kier molecular flexibility index (Phi) is 6.50. The zero-order valence-electron chi connectivity index (χ0n) is 16.9. The predicted octanol–water partition coefficient (Wildman–Crippen LogP) is 3.14. The number of benzene rings is 1. The lowest BCUT2D eigenvalue weighted by atomic mass is 9.86. The first kappa shape index (κ1) is 24.2. The van der Waals surface area contributed by atoms with Crippen LogP contribution in [0.3, 0.4) is 0 Å². The van der Waals surface area contributed by atoms with E-state index in [0.29, 0.717) is 17.0 Å². The molecule has 33 heavy (non-hydrogen) atoms. The average Bonchev–Trinajstić information content (AvgIpc) is 3.37. The lowest BCUT2D eigenvalue weighted by molar-refractivity contribution is -0.149. The maximum Gasteiger partial charge on any atom is 0.416 e. The molecule has 1 aliphatic rings. The summed E-state index contributed by atoms with van der Waals surface area (Å²) in [5.41, 5.74) is 1.83. The molecule has 0 bridgehead atoms. The monoisotopic (exact) mass is 484 g/mol. The maximum absolute atomic E-state index is 13.5. The topological polar surface area (TPSA) is 138 Å². The quantitative estimate of drug-likeness (QED) is 0.552. The van der Waals surface area contributed by atoms with Crippen molar-refractivity contribution in [2.75, 3.05) is 0 Å². The molecule has 2 amide bonds. The van der Waals surface area contributed by atoms with Gasteiger partial charge in [-0.15, -0.1) is 11.3 Å². The number of hydrogen-bond acceptors (Lipinski definition) is 5. The van der Waals surface area contributed by atoms with E-state index < -0.39 is 72.3 Å². The Morgan fingerprint density at radius 2 is 1.76 bits per heavy atom. The van der Waals surface area contributed by atoms with Crippen molar-refractivity contribution in [2.24, 2.45) is 11.7 Å². The number of primary amides is 1. The van der Waals surface area contributed by atoms with Crippen molar-refractivity contribution in [3.05, 3.63) is 57.8 Å². The number of rotatable bonds is 7. The van der Waals surface area contributed by atoms with E-state index in [2.05, 4.69) is 0 Å². The molecule has 1 aliphatic heterocycles. The molecule has 0 spiro atoms. The van der Waals surface area contributed by atoms with E-state index in [1.807, 2.05) is 0 Å². The van der Waals surface area contributed by atoms with Gasteiger partial charge in [0.15, 0.2) is 0 Å². The van der Waals surface area contributed by atoms with E-state index in [9.17, 15) is 42.6 Å². The molecule has 2 aromatic rings. The van der Waals surface area contributed by atoms with Gasteiger partial charge in [0.1, 0.15) is 5.54 Å². The second-order valence-corrected chi connectivity index (χ2v) is 8.64. The Hall–Kier alpha value is -3.41. The molecular formula is C21H19F3N2O6S. The molecule has 1 aromatic carbocycles. The fourth-order valence-corrected chi connectivity index (χ4v) is 5.02. The first-order valence-electron chi connectivity index (χ1n) is 9.67. The van der Waals surface area contributed by atoms with E-state index in [1.165, 1.54) is 0 Å². The minimum absolute atomic E-state index is 0.250. The summed E-state index contributed by atoms with van der Waals surface area (Å²) in [5.74, 6) is -6.01. The second-order valence-electron chi connectivity index (χ2n) is 7.66. The van der Waals surface area contributed by atoms with Gasteiger partial charge in [0, 0.05) is 16.9 Å². The van der Waals surface area contributed by atoms with E-state index in [0.717, 1.165) is 28.4 Å². The van der Waals surface area contributed by atoms with Crippen molar-refractivity contribution in [1.82, 2.24) is 4.90 Å². The van der Waals surface area contributed by atoms with Crippen LogP contribution in [0.25, 0.3) is 0 Å². The molecule has 176 valence electrons. The van der Waals surface area contributed by atoms with Crippen LogP contribution in [0.5, 0.6) is 0 Å². The summed E-state index contributed by atoms with van der Waals surface area (Å²) in [6.45, 7) is 0. The van der Waals surface area contributed by atoms with Gasteiger partial charge in [-0.3, -0.25) is 14.4 Å². The Bertz CT molecular complexity index is 1070. The van der Waals surface area contributed by atoms with Crippen LogP contribution in [-0.4, -0.2) is 44.4 Å². The third-order valence-electron chi connectivity index (χ3n) is 5.69. The minimum Gasteiger partial charge on any atom is -0.481 e. The van der Waals surface area contributed by atoms with Gasteiger partial charge in [-0.2, -0.15) is 13.2 Å². The number of carbonyl (C=O) groups excluding carboxylic acids is 2. The number of carbonyl (C=O) groups is 4. The van der Waals surface area contributed by atoms with E-state index in [4.69, 9.17) is 5.73 Å². The fourth-order valence-electron chi connectivity index (χ4n) is 4.14. The predicted molar refractivity (Wildman–Crippen MR) is 109 cm³/mol. The van der Waals surface area contributed by atoms with Gasteiger partial charge < -0.3 is 20.8 Å². The van der Waals surface area contributed by atoms with E-state index in [-0.39, 0.29) is 5.56 Å². The summed E-state index contributed by atoms with van der Waals surface area (Å²) in [7, 11) is 0. The molecule has 1 fully saturated rings. The molecular weight excluding hydrogens is 465 g/mol. The van der Waals surface area contributed by atoms with Gasteiger partial charge in [0.2, 0.25) is 5.91 Å². The molecule has 3 unspecified atom stereocenters. The Balaban J connectivity index is 2.16. The summed E-state index contributed by atoms with van der Waals surface area (Å²) in [4.78, 5) is 50.8. The molecule has 0 aliphatic carbocycles. The highest BCUT2D eigenvalue weighted by Gasteiger charge is 2.61. The standard InChI is InChI=1S/C21H19F3N2O6S/c22-21(23,24)12-5-3-11(4-6-12)17(28)26-16(14-2-1-9-33-14)13(18(29)30)10-20(26,19(31)32)8-7-15(25)27/h1-6,9,13,16H,7-8,10H2,(H2,25,27)(H,29,30)(H,31,32). The number of likely N-dealkylation sites (tertiary alicyclic amines) is 1. The normalized spacial score (nSPS) is 22.8. The number of nitrogens with two attached hydrogens (primary N) is 1. The lowest BCUT2D eigenvalue weighted by Crippen LogP contribution is -2.54. The maximum atomic E-state index is 13.5. The highest BCUT2D eigenvalue weighted by Crippen LogP contribution is 2.51. The summed E-state index contributed by atoms with van der Waals surface area (Å²) in [5, 5.41) is 21.6. The summed E-state index contributed by atoms with van der Waals surface area (Å²) in [6, 6.07) is 5.13. The largest absolute Gasteiger partial charge is 0.481 e. The number of thiophene rings is 1. The number of carboxylic acids is 2. The van der Waals surface area contributed by atoms with Crippen molar-refractivity contribution in [3.63, 3.8) is 0 Å². The average molecular weight is 484 g/mol. The van der Waals surface area contributed by atoms with E-state index >= 15 is 0 Å². The van der Waals surface area contributed by atoms with Crippen molar-refractivity contribution in [3.8, 4) is 0 Å². The molecule has 3 rings (SSSR count). The molecule has 2 heterocycles. The van der Waals surface area contributed by atoms with Gasteiger partial charge in [0.05, 0.1) is 17.5 Å². The van der Waals surface area contributed by atoms with Crippen LogP contribution < -0.4 is 5.73 Å². The summed E-state index contributed by atoms with van der Waals surface area (Å²) < 4.78 is 38.8. The number of nitrogens with zero attached hydrogens (tertiary/aromatic N) is 1. The third-order valence-corrected chi connectivity index (χ3v) is 6.63. The molecule has 12 heteroatoms. The zero-order valence-corrected chi connectivity index (χ0v) is 17.7. The van der Waals surface area contributed by atoms with Crippen LogP contribution in [0.1, 0.15) is 46.1 Å². The number of halogens is 3. The highest BCUT2D eigenvalue weighted by atomic mass is 32.1. The Morgan fingerprint density at radius 3 is 2.21 bits per heavy atom. The molecule has 8 nitrogen and oxygen atoms in total. The molecule has 0 saturated carbocycles. The van der Waals surface area contributed by atoms with Crippen molar-refractivity contribution in [1.29, 1.82) is 0 Å². The molecule has 3 atom stereocenters. The molecule has 0 radical (unpaired) electrons. The van der Waals surface area contributed by atoms with Gasteiger partial charge in [-0.25, -0.2) is 4.79 Å². The van der Waals surface area contributed by atoms with Crippen molar-refractivity contribution >= 4 is 35.1 Å². The second kappa shape index (κ2) is 8.85. The number of carboxylic acid groups (broad SMARTS) is 2. The van der Waals surface area contributed by atoms with Crippen molar-refractivity contribution in [2.45, 2.75) is 37.0 Å². The van der Waals surface area contributed by atoms with E-state index in [1.54, 1.807) is 17.5 Å². The highest BCUT2D eigenvalue weighted by molar-refractivity contribution is 7.10. The lowest BCUT2D eigenvalue weighted by Gasteiger charge is -2.38. The SMILES string of the molecule is NC(=O)CCC1(C(=O)O)CC(C(=O)O)C(c2cccs2)N1C(=O)c1ccc(C(F)(F)F)cc1. The molecule has 1 aromatic heterocycles. The van der Waals surface area contributed by atoms with Crippen LogP contribution in [0, 0.1) is 5.92 Å². The van der Waals surface area contributed by atoms with Crippen molar-refractivity contribution < 1.29 is 42.6 Å². The van der Waals surface area contributed by atoms with Crippen LogP contribution in [0.2, 0.25) is 0 Å². The molecule has 4 N–H and O–H groups in total. The number of aliphatic carboxylic acids is 2. The Morgan fingerprint density at radius 1 is 1.12 bits per heavy atom. The van der Waals surface area contributed by atoms with Gasteiger partial charge in [-0.1, -0.05) is 6.07 Å². The summed E-state index contributed by atoms with van der Waals surface area (Å²) >= 11 is 1.11. The van der Waals surface area contributed by atoms with Crippen LogP contribution in [0.15, 0.2) is 41.8 Å². The van der Waals surface area contributed by atoms with Gasteiger partial charge in [-0.05, 0) is 48.6 Å². The van der Waals surface area contributed by atoms with Gasteiger partial charge >= 0.3 is 18.1 Å². The van der Waals surface area contributed by atoms with Crippen LogP contribution in [0.4, 0.5) is 13.2 Å². The first-order valence-corrected chi connectivity index (χ1v) is 10.6. The fraction of sp³-hybridized carbons (Fsp3) is 0.333. The number of hydrogen-bond donors (Lipinski definition) is 3. The third kappa shape index (κ3) is 4.56. The summed E-state index contributed by atoms with van der Waals surface area (Å²) in [6.07, 6.45) is -6.03. The first-order chi connectivity index (χ1) is 15.4. The van der Waals surface area contributed by atoms with Gasteiger partial charge in [0.25, 0.3) is 5.91 Å². The van der Waals surface area contributed by atoms with Crippen LogP contribution >= 0.6 is 11.3 Å². The smallest absolute Gasteiger partial charge is 0.416 e. The Labute approximate surface area is 189 Å². The minimum atomic E-state index is -4.64.